The highest BCUT2D eigenvalue weighted by Crippen LogP contribution is 2.19. The number of hydrogen-bond acceptors (Lipinski definition) is 3. The van der Waals surface area contributed by atoms with Crippen LogP contribution in [0.2, 0.25) is 0 Å². The van der Waals surface area contributed by atoms with Crippen LogP contribution in [0.15, 0.2) is 0 Å². The lowest BCUT2D eigenvalue weighted by Crippen LogP contribution is -2.44. The molecule has 15 heavy (non-hydrogen) atoms. The Morgan fingerprint density at radius 3 is 2.47 bits per heavy atom. The maximum Gasteiger partial charge on any atom is 0.307 e. The van der Waals surface area contributed by atoms with Crippen molar-refractivity contribution < 1.29 is 9.53 Å². The third kappa shape index (κ3) is 6.50. The summed E-state index contributed by atoms with van der Waals surface area (Å²) < 4.78 is 4.72. The fraction of sp³-hybridized carbons (Fsp3) is 0.917. The van der Waals surface area contributed by atoms with E-state index < -0.39 is 0 Å². The molecule has 0 aromatic rings. The van der Waals surface area contributed by atoms with Crippen molar-refractivity contribution in [1.82, 2.24) is 5.32 Å². The quantitative estimate of drug-likeness (QED) is 0.499. The summed E-state index contributed by atoms with van der Waals surface area (Å²) in [6.07, 6.45) is 5.09. The van der Waals surface area contributed by atoms with E-state index in [0.717, 1.165) is 19.4 Å². The summed E-state index contributed by atoms with van der Waals surface area (Å²) in [4.78, 5) is 11.3. The Labute approximate surface area is 93.6 Å². The molecule has 0 radical (unpaired) electrons. The number of unbranched alkanes of at least 4 members (excludes halogenated alkanes) is 2. The van der Waals surface area contributed by atoms with E-state index in [4.69, 9.17) is 4.74 Å². The Bertz CT molecular complexity index is 182. The van der Waals surface area contributed by atoms with E-state index in [1.165, 1.54) is 20.0 Å². The summed E-state index contributed by atoms with van der Waals surface area (Å²) in [5, 5.41) is 3.38. The second kappa shape index (κ2) is 7.69. The van der Waals surface area contributed by atoms with Crippen LogP contribution in [0.1, 0.15) is 52.9 Å². The molecule has 0 rings (SSSR count). The molecule has 3 nitrogen and oxygen atoms in total. The topological polar surface area (TPSA) is 38.3 Å². The molecular formula is C12H25NO2. The lowest BCUT2D eigenvalue weighted by atomic mass is 9.90. The summed E-state index contributed by atoms with van der Waals surface area (Å²) in [6, 6.07) is 0. The molecule has 0 aliphatic carbocycles. The number of esters is 1. The second-order valence-corrected chi connectivity index (χ2v) is 4.30. The van der Waals surface area contributed by atoms with Crippen molar-refractivity contribution in [3.63, 3.8) is 0 Å². The Hall–Kier alpha value is -0.570. The molecule has 1 atom stereocenters. The van der Waals surface area contributed by atoms with Gasteiger partial charge in [0.15, 0.2) is 0 Å². The first-order chi connectivity index (χ1) is 7.08. The van der Waals surface area contributed by atoms with Gasteiger partial charge in [0, 0.05) is 5.54 Å². The van der Waals surface area contributed by atoms with Gasteiger partial charge in [-0.25, -0.2) is 0 Å². The van der Waals surface area contributed by atoms with Gasteiger partial charge in [0.1, 0.15) is 0 Å². The highest BCUT2D eigenvalue weighted by atomic mass is 16.5. The summed E-state index contributed by atoms with van der Waals surface area (Å²) in [5.41, 5.74) is -0.100. The molecule has 0 bridgehead atoms. The normalized spacial score (nSPS) is 14.7. The fourth-order valence-corrected chi connectivity index (χ4v) is 1.82. The smallest absolute Gasteiger partial charge is 0.307 e. The molecule has 0 spiro atoms. The number of methoxy groups -OCH3 is 1. The highest BCUT2D eigenvalue weighted by Gasteiger charge is 2.26. The van der Waals surface area contributed by atoms with E-state index in [9.17, 15) is 4.79 Å². The molecular weight excluding hydrogens is 190 g/mol. The van der Waals surface area contributed by atoms with Gasteiger partial charge in [-0.1, -0.05) is 33.1 Å². The van der Waals surface area contributed by atoms with Crippen LogP contribution in [-0.4, -0.2) is 25.2 Å². The molecule has 1 N–H and O–H groups in total. The van der Waals surface area contributed by atoms with Gasteiger partial charge in [-0.05, 0) is 19.9 Å². The van der Waals surface area contributed by atoms with Gasteiger partial charge in [-0.3, -0.25) is 4.79 Å². The zero-order valence-corrected chi connectivity index (χ0v) is 10.6. The van der Waals surface area contributed by atoms with Gasteiger partial charge in [-0.2, -0.15) is 0 Å². The van der Waals surface area contributed by atoms with Crippen LogP contribution >= 0.6 is 0 Å². The van der Waals surface area contributed by atoms with Crippen molar-refractivity contribution in [2.24, 2.45) is 0 Å². The molecule has 0 amide bonds. The Morgan fingerprint density at radius 1 is 1.33 bits per heavy atom. The van der Waals surface area contributed by atoms with Crippen molar-refractivity contribution in [3.8, 4) is 0 Å². The minimum atomic E-state index is -0.130. The molecule has 0 fully saturated rings. The summed E-state index contributed by atoms with van der Waals surface area (Å²) in [6.45, 7) is 7.24. The molecule has 0 saturated carbocycles. The second-order valence-electron chi connectivity index (χ2n) is 4.30. The summed E-state index contributed by atoms with van der Waals surface area (Å²) >= 11 is 0. The number of hydrogen-bond donors (Lipinski definition) is 1. The third-order valence-electron chi connectivity index (χ3n) is 2.70. The zero-order chi connectivity index (χ0) is 11.7. The molecule has 3 heteroatoms. The number of ether oxygens (including phenoxy) is 1. The van der Waals surface area contributed by atoms with Gasteiger partial charge in [0.25, 0.3) is 0 Å². The fourth-order valence-electron chi connectivity index (χ4n) is 1.82. The largest absolute Gasteiger partial charge is 0.469 e. The van der Waals surface area contributed by atoms with E-state index in [1.54, 1.807) is 0 Å². The average molecular weight is 215 g/mol. The van der Waals surface area contributed by atoms with Crippen LogP contribution in [-0.2, 0) is 9.53 Å². The standard InChI is InChI=1S/C12H25NO2/c1-5-7-8-9-12(3,13-6-2)10-11(14)15-4/h13H,5-10H2,1-4H3. The van der Waals surface area contributed by atoms with E-state index in [-0.39, 0.29) is 11.5 Å². The van der Waals surface area contributed by atoms with Crippen LogP contribution in [0, 0.1) is 0 Å². The van der Waals surface area contributed by atoms with E-state index in [2.05, 4.69) is 26.1 Å². The van der Waals surface area contributed by atoms with Crippen LogP contribution in [0.3, 0.4) is 0 Å². The molecule has 0 aliphatic rings. The first-order valence-electron chi connectivity index (χ1n) is 5.89. The van der Waals surface area contributed by atoms with Crippen molar-refractivity contribution in [3.05, 3.63) is 0 Å². The predicted octanol–water partition coefficient (Wildman–Crippen LogP) is 2.50. The lowest BCUT2D eigenvalue weighted by Gasteiger charge is -2.29. The SMILES string of the molecule is CCCCCC(C)(CC(=O)OC)NCC. The number of carbonyl (C=O) groups is 1. The van der Waals surface area contributed by atoms with Crippen molar-refractivity contribution in [2.45, 2.75) is 58.4 Å². The van der Waals surface area contributed by atoms with Crippen molar-refractivity contribution in [1.29, 1.82) is 0 Å². The van der Waals surface area contributed by atoms with Crippen molar-refractivity contribution in [2.75, 3.05) is 13.7 Å². The van der Waals surface area contributed by atoms with Gasteiger partial charge >= 0.3 is 5.97 Å². The van der Waals surface area contributed by atoms with Crippen LogP contribution in [0.4, 0.5) is 0 Å². The summed E-state index contributed by atoms with van der Waals surface area (Å²) in [5.74, 6) is -0.130. The third-order valence-corrected chi connectivity index (χ3v) is 2.70. The van der Waals surface area contributed by atoms with Gasteiger partial charge in [0.2, 0.25) is 0 Å². The molecule has 1 unspecified atom stereocenters. The Balaban J connectivity index is 4.11. The van der Waals surface area contributed by atoms with Gasteiger partial charge in [-0.15, -0.1) is 0 Å². The zero-order valence-electron chi connectivity index (χ0n) is 10.6. The number of carbonyl (C=O) groups excluding carboxylic acids is 1. The number of rotatable bonds is 8. The van der Waals surface area contributed by atoms with Gasteiger partial charge in [0.05, 0.1) is 13.5 Å². The Morgan fingerprint density at radius 2 is 2.00 bits per heavy atom. The molecule has 0 heterocycles. The molecule has 0 saturated heterocycles. The maximum atomic E-state index is 11.3. The summed E-state index contributed by atoms with van der Waals surface area (Å²) in [7, 11) is 1.45. The predicted molar refractivity (Wildman–Crippen MR) is 62.9 cm³/mol. The van der Waals surface area contributed by atoms with Crippen LogP contribution in [0.5, 0.6) is 0 Å². The van der Waals surface area contributed by atoms with Crippen LogP contribution in [0.25, 0.3) is 0 Å². The molecule has 0 aromatic heterocycles. The van der Waals surface area contributed by atoms with Gasteiger partial charge < -0.3 is 10.1 Å². The highest BCUT2D eigenvalue weighted by molar-refractivity contribution is 5.70. The van der Waals surface area contributed by atoms with E-state index in [1.807, 2.05) is 0 Å². The average Bonchev–Trinajstić information content (AvgIpc) is 2.18. The number of nitrogens with one attached hydrogen (secondary N) is 1. The molecule has 0 aliphatic heterocycles. The van der Waals surface area contributed by atoms with E-state index >= 15 is 0 Å². The first kappa shape index (κ1) is 14.4. The van der Waals surface area contributed by atoms with Crippen molar-refractivity contribution >= 4 is 5.97 Å². The monoisotopic (exact) mass is 215 g/mol. The van der Waals surface area contributed by atoms with Crippen LogP contribution < -0.4 is 5.32 Å². The first-order valence-corrected chi connectivity index (χ1v) is 5.89. The maximum absolute atomic E-state index is 11.3. The minimum Gasteiger partial charge on any atom is -0.469 e. The molecule has 90 valence electrons. The minimum absolute atomic E-state index is 0.100. The van der Waals surface area contributed by atoms with E-state index in [0.29, 0.717) is 6.42 Å². The Kier molecular flexibility index (Phi) is 7.39. The lowest BCUT2D eigenvalue weighted by molar-refractivity contribution is -0.142. The molecule has 0 aromatic carbocycles.